The van der Waals surface area contributed by atoms with Crippen molar-refractivity contribution < 1.29 is 14.3 Å². The lowest BCUT2D eigenvalue weighted by Gasteiger charge is -2.14. The van der Waals surface area contributed by atoms with Crippen molar-refractivity contribution >= 4 is 5.78 Å². The molecule has 0 heterocycles. The van der Waals surface area contributed by atoms with Crippen molar-refractivity contribution in [3.63, 3.8) is 0 Å². The van der Waals surface area contributed by atoms with Gasteiger partial charge in [0.2, 0.25) is 0 Å². The zero-order valence-corrected chi connectivity index (χ0v) is 13.1. The molecule has 0 aliphatic rings. The van der Waals surface area contributed by atoms with E-state index in [2.05, 4.69) is 6.92 Å². The molecule has 0 N–H and O–H groups in total. The van der Waals surface area contributed by atoms with Crippen LogP contribution >= 0.6 is 0 Å². The van der Waals surface area contributed by atoms with Crippen LogP contribution in [0.15, 0.2) is 12.1 Å². The van der Waals surface area contributed by atoms with E-state index in [-0.39, 0.29) is 5.78 Å². The van der Waals surface area contributed by atoms with Crippen molar-refractivity contribution in [3.8, 4) is 11.5 Å². The number of hydrogen-bond acceptors (Lipinski definition) is 3. The van der Waals surface area contributed by atoms with Gasteiger partial charge in [-0.15, -0.1) is 0 Å². The van der Waals surface area contributed by atoms with Crippen molar-refractivity contribution in [2.45, 2.75) is 52.4 Å². The number of hydrogen-bond donors (Lipinski definition) is 0. The van der Waals surface area contributed by atoms with Crippen molar-refractivity contribution in [2.24, 2.45) is 0 Å². The third kappa shape index (κ3) is 4.55. The smallest absolute Gasteiger partial charge is 0.163 e. The number of benzene rings is 1. The van der Waals surface area contributed by atoms with E-state index in [4.69, 9.17) is 9.47 Å². The molecular weight excluding hydrogens is 252 g/mol. The van der Waals surface area contributed by atoms with Gasteiger partial charge in [0.25, 0.3) is 0 Å². The molecule has 0 atom stereocenters. The summed E-state index contributed by atoms with van der Waals surface area (Å²) in [6.45, 7) is 3.80. The molecule has 1 rings (SSSR count). The molecular formula is C17H26O3. The van der Waals surface area contributed by atoms with Gasteiger partial charge in [0.15, 0.2) is 5.78 Å². The van der Waals surface area contributed by atoms with Gasteiger partial charge >= 0.3 is 0 Å². The number of Topliss-reactive ketones (excluding diaryl/α,β-unsaturated/α-hetero) is 1. The summed E-state index contributed by atoms with van der Waals surface area (Å²) in [6, 6.07) is 3.73. The number of aryl methyl sites for hydroxylation is 1. The average molecular weight is 278 g/mol. The average Bonchev–Trinajstić information content (AvgIpc) is 2.45. The van der Waals surface area contributed by atoms with Gasteiger partial charge in [0, 0.05) is 6.07 Å². The molecule has 0 amide bonds. The van der Waals surface area contributed by atoms with E-state index in [1.807, 2.05) is 6.07 Å². The van der Waals surface area contributed by atoms with Gasteiger partial charge in [0.1, 0.15) is 11.5 Å². The largest absolute Gasteiger partial charge is 0.497 e. The lowest BCUT2D eigenvalue weighted by Crippen LogP contribution is -2.04. The highest BCUT2D eigenvalue weighted by Crippen LogP contribution is 2.30. The first-order chi connectivity index (χ1) is 9.63. The number of methoxy groups -OCH3 is 2. The summed E-state index contributed by atoms with van der Waals surface area (Å²) in [5, 5.41) is 0. The van der Waals surface area contributed by atoms with E-state index in [0.717, 1.165) is 24.2 Å². The Balaban J connectivity index is 2.88. The van der Waals surface area contributed by atoms with Gasteiger partial charge in [-0.25, -0.2) is 0 Å². The minimum atomic E-state index is 0.0491. The monoisotopic (exact) mass is 278 g/mol. The molecule has 0 bridgehead atoms. The van der Waals surface area contributed by atoms with Gasteiger partial charge in [-0.3, -0.25) is 4.79 Å². The Labute approximate surface area is 122 Å². The second-order valence-electron chi connectivity index (χ2n) is 5.08. The number of ether oxygens (including phenoxy) is 2. The molecule has 0 unspecified atom stereocenters. The summed E-state index contributed by atoms with van der Waals surface area (Å²) in [7, 11) is 3.22. The third-order valence-corrected chi connectivity index (χ3v) is 3.51. The predicted molar refractivity (Wildman–Crippen MR) is 82.0 cm³/mol. The van der Waals surface area contributed by atoms with Crippen LogP contribution in [0, 0.1) is 0 Å². The molecule has 3 nitrogen and oxygen atoms in total. The fourth-order valence-corrected chi connectivity index (χ4v) is 2.44. The summed E-state index contributed by atoms with van der Waals surface area (Å²) in [5.74, 6) is 1.41. The second-order valence-corrected chi connectivity index (χ2v) is 5.08. The van der Waals surface area contributed by atoms with Gasteiger partial charge in [-0.05, 0) is 31.4 Å². The van der Waals surface area contributed by atoms with Gasteiger partial charge in [-0.1, -0.05) is 32.6 Å². The molecule has 1 aromatic carbocycles. The maximum absolute atomic E-state index is 11.9. The predicted octanol–water partition coefficient (Wildman–Crippen LogP) is 4.42. The first-order valence-electron chi connectivity index (χ1n) is 7.39. The first-order valence-corrected chi connectivity index (χ1v) is 7.39. The fourth-order valence-electron chi connectivity index (χ4n) is 2.44. The van der Waals surface area contributed by atoms with E-state index in [1.165, 1.54) is 25.7 Å². The van der Waals surface area contributed by atoms with E-state index < -0.39 is 0 Å². The van der Waals surface area contributed by atoms with Crippen LogP contribution in [0.4, 0.5) is 0 Å². The Kier molecular flexibility index (Phi) is 7.13. The Bertz CT molecular complexity index is 438. The van der Waals surface area contributed by atoms with E-state index in [0.29, 0.717) is 11.3 Å². The number of carbonyl (C=O) groups is 1. The van der Waals surface area contributed by atoms with Crippen LogP contribution in [-0.4, -0.2) is 20.0 Å². The summed E-state index contributed by atoms with van der Waals surface area (Å²) in [5.41, 5.74) is 1.73. The van der Waals surface area contributed by atoms with Crippen LogP contribution in [0.5, 0.6) is 11.5 Å². The topological polar surface area (TPSA) is 35.5 Å². The Morgan fingerprint density at radius 2 is 1.75 bits per heavy atom. The number of unbranched alkanes of at least 4 members (excludes halogenated alkanes) is 4. The van der Waals surface area contributed by atoms with E-state index in [1.54, 1.807) is 27.2 Å². The molecule has 0 saturated heterocycles. The maximum Gasteiger partial charge on any atom is 0.163 e. The number of carbonyl (C=O) groups excluding carboxylic acids is 1. The lowest BCUT2D eigenvalue weighted by atomic mass is 9.97. The minimum absolute atomic E-state index is 0.0491. The van der Waals surface area contributed by atoms with Crippen molar-refractivity contribution in [1.29, 1.82) is 0 Å². The summed E-state index contributed by atoms with van der Waals surface area (Å²) in [4.78, 5) is 11.9. The quantitative estimate of drug-likeness (QED) is 0.495. The molecule has 3 heteroatoms. The molecule has 0 spiro atoms. The molecule has 0 saturated carbocycles. The van der Waals surface area contributed by atoms with Crippen LogP contribution in [-0.2, 0) is 6.42 Å². The molecule has 0 fully saturated rings. The maximum atomic E-state index is 11.9. The SMILES string of the molecule is CCCCCCCc1cc(OC)cc(OC)c1C(C)=O. The van der Waals surface area contributed by atoms with Crippen molar-refractivity contribution in [1.82, 2.24) is 0 Å². The van der Waals surface area contributed by atoms with E-state index >= 15 is 0 Å². The van der Waals surface area contributed by atoms with Crippen LogP contribution in [0.1, 0.15) is 61.9 Å². The standard InChI is InChI=1S/C17H26O3/c1-5-6-7-8-9-10-14-11-15(19-3)12-16(20-4)17(14)13(2)18/h11-12H,5-10H2,1-4H3. The zero-order valence-electron chi connectivity index (χ0n) is 13.1. The van der Waals surface area contributed by atoms with Gasteiger partial charge in [0.05, 0.1) is 19.8 Å². The fraction of sp³-hybridized carbons (Fsp3) is 0.588. The zero-order chi connectivity index (χ0) is 15.0. The minimum Gasteiger partial charge on any atom is -0.497 e. The second kappa shape index (κ2) is 8.62. The number of rotatable bonds is 9. The molecule has 0 aromatic heterocycles. The lowest BCUT2D eigenvalue weighted by molar-refractivity contribution is 0.101. The van der Waals surface area contributed by atoms with Gasteiger partial charge < -0.3 is 9.47 Å². The van der Waals surface area contributed by atoms with Crippen molar-refractivity contribution in [3.05, 3.63) is 23.3 Å². The third-order valence-electron chi connectivity index (χ3n) is 3.51. The Hall–Kier alpha value is -1.51. The van der Waals surface area contributed by atoms with Crippen LogP contribution < -0.4 is 9.47 Å². The van der Waals surface area contributed by atoms with Gasteiger partial charge in [-0.2, -0.15) is 0 Å². The normalized spacial score (nSPS) is 10.4. The first kappa shape index (κ1) is 16.5. The summed E-state index contributed by atoms with van der Waals surface area (Å²) >= 11 is 0. The molecule has 0 aliphatic carbocycles. The summed E-state index contributed by atoms with van der Waals surface area (Å²) < 4.78 is 10.6. The number of ketones is 1. The molecule has 20 heavy (non-hydrogen) atoms. The van der Waals surface area contributed by atoms with Crippen LogP contribution in [0.2, 0.25) is 0 Å². The Morgan fingerprint density at radius 3 is 2.30 bits per heavy atom. The van der Waals surface area contributed by atoms with Crippen LogP contribution in [0.3, 0.4) is 0 Å². The molecule has 0 aliphatic heterocycles. The highest BCUT2D eigenvalue weighted by molar-refractivity contribution is 5.98. The molecule has 0 radical (unpaired) electrons. The van der Waals surface area contributed by atoms with E-state index in [9.17, 15) is 4.79 Å². The van der Waals surface area contributed by atoms with Crippen molar-refractivity contribution in [2.75, 3.05) is 14.2 Å². The molecule has 112 valence electrons. The Morgan fingerprint density at radius 1 is 1.05 bits per heavy atom. The highest BCUT2D eigenvalue weighted by Gasteiger charge is 2.15. The highest BCUT2D eigenvalue weighted by atomic mass is 16.5. The summed E-state index contributed by atoms with van der Waals surface area (Å²) in [6.07, 6.45) is 6.97. The van der Waals surface area contributed by atoms with Crippen LogP contribution in [0.25, 0.3) is 0 Å². The molecule has 1 aromatic rings.